The van der Waals surface area contributed by atoms with Gasteiger partial charge < -0.3 is 10.1 Å². The second-order valence-electron chi connectivity index (χ2n) is 9.33. The van der Waals surface area contributed by atoms with E-state index in [1.165, 1.54) is 16.7 Å². The van der Waals surface area contributed by atoms with E-state index < -0.39 is 10.2 Å². The van der Waals surface area contributed by atoms with Crippen LogP contribution in [0, 0.1) is 0 Å². The number of nitrogens with one attached hydrogen (secondary N) is 2. The first-order chi connectivity index (χ1) is 16.9. The van der Waals surface area contributed by atoms with Gasteiger partial charge in [0.25, 0.3) is 10.2 Å². The second kappa shape index (κ2) is 12.7. The van der Waals surface area contributed by atoms with Crippen molar-refractivity contribution in [2.45, 2.75) is 50.6 Å². The molecule has 0 spiro atoms. The van der Waals surface area contributed by atoms with E-state index in [9.17, 15) is 8.42 Å². The molecule has 0 bridgehead atoms. The Balaban J connectivity index is 0.00000361. The summed E-state index contributed by atoms with van der Waals surface area (Å²) < 4.78 is 31.6. The van der Waals surface area contributed by atoms with Gasteiger partial charge in [0.15, 0.2) is 0 Å². The second-order valence-corrected chi connectivity index (χ2v) is 10.7. The summed E-state index contributed by atoms with van der Waals surface area (Å²) in [7, 11) is -3.77. The van der Waals surface area contributed by atoms with Crippen molar-refractivity contribution in [2.24, 2.45) is 5.14 Å². The Bertz CT molecular complexity index is 1200. The van der Waals surface area contributed by atoms with Gasteiger partial charge in [0.1, 0.15) is 5.75 Å². The highest BCUT2D eigenvalue weighted by atomic mass is 35.5. The van der Waals surface area contributed by atoms with Gasteiger partial charge >= 0.3 is 0 Å². The predicted molar refractivity (Wildman–Crippen MR) is 149 cm³/mol. The molecule has 194 valence electrons. The molecule has 1 fully saturated rings. The molecule has 0 saturated heterocycles. The van der Waals surface area contributed by atoms with Crippen LogP contribution >= 0.6 is 12.4 Å². The van der Waals surface area contributed by atoms with Gasteiger partial charge in [-0.15, -0.1) is 12.4 Å². The first-order valence-electron chi connectivity index (χ1n) is 12.3. The van der Waals surface area contributed by atoms with Crippen LogP contribution in [0.15, 0.2) is 78.9 Å². The van der Waals surface area contributed by atoms with E-state index in [1.807, 2.05) is 31.2 Å². The van der Waals surface area contributed by atoms with Gasteiger partial charge in [-0.05, 0) is 67.0 Å². The average molecular weight is 530 g/mol. The molecule has 0 radical (unpaired) electrons. The van der Waals surface area contributed by atoms with Crippen LogP contribution in [0.25, 0.3) is 11.1 Å². The molecule has 4 N–H and O–H groups in total. The predicted octanol–water partition coefficient (Wildman–Crippen LogP) is 4.94. The zero-order valence-electron chi connectivity index (χ0n) is 20.7. The Morgan fingerprint density at radius 1 is 0.944 bits per heavy atom. The van der Waals surface area contributed by atoms with Crippen LogP contribution in [0.3, 0.4) is 0 Å². The van der Waals surface area contributed by atoms with Gasteiger partial charge in [0.05, 0.1) is 6.61 Å². The van der Waals surface area contributed by atoms with Gasteiger partial charge in [0.2, 0.25) is 0 Å². The van der Waals surface area contributed by atoms with Crippen molar-refractivity contribution in [2.75, 3.05) is 13.2 Å². The highest BCUT2D eigenvalue weighted by Crippen LogP contribution is 2.40. The van der Waals surface area contributed by atoms with E-state index in [0.29, 0.717) is 12.6 Å². The van der Waals surface area contributed by atoms with E-state index in [0.717, 1.165) is 43.5 Å². The van der Waals surface area contributed by atoms with Crippen LogP contribution in [0.2, 0.25) is 0 Å². The zero-order valence-corrected chi connectivity index (χ0v) is 22.3. The molecule has 6 nitrogen and oxygen atoms in total. The molecular weight excluding hydrogens is 494 g/mol. The Morgan fingerprint density at radius 3 is 2.25 bits per heavy atom. The first kappa shape index (κ1) is 28.2. The smallest absolute Gasteiger partial charge is 0.274 e. The van der Waals surface area contributed by atoms with Crippen LogP contribution < -0.4 is 19.9 Å². The number of rotatable bonds is 10. The molecule has 0 aromatic heterocycles. The summed E-state index contributed by atoms with van der Waals surface area (Å²) in [5.41, 5.74) is 4.47. The summed E-state index contributed by atoms with van der Waals surface area (Å²) in [6.45, 7) is 3.64. The molecule has 1 aliphatic rings. The van der Waals surface area contributed by atoms with Crippen LogP contribution in [-0.4, -0.2) is 27.6 Å². The van der Waals surface area contributed by atoms with Crippen LogP contribution in [-0.2, 0) is 22.2 Å². The molecule has 1 aliphatic carbocycles. The summed E-state index contributed by atoms with van der Waals surface area (Å²) in [4.78, 5) is 0. The molecule has 0 unspecified atom stereocenters. The van der Waals surface area contributed by atoms with E-state index in [-0.39, 0.29) is 24.4 Å². The zero-order chi connectivity index (χ0) is 24.7. The van der Waals surface area contributed by atoms with Crippen molar-refractivity contribution in [3.63, 3.8) is 0 Å². The van der Waals surface area contributed by atoms with Crippen molar-refractivity contribution in [1.29, 1.82) is 0 Å². The van der Waals surface area contributed by atoms with E-state index in [4.69, 9.17) is 9.88 Å². The van der Waals surface area contributed by atoms with Crippen LogP contribution in [0.4, 0.5) is 0 Å². The molecular formula is C28H36ClN3O3S. The minimum atomic E-state index is -3.77. The molecule has 0 amide bonds. The Kier molecular flexibility index (Phi) is 9.93. The average Bonchev–Trinajstić information content (AvgIpc) is 2.88. The quantitative estimate of drug-likeness (QED) is 0.347. The van der Waals surface area contributed by atoms with Crippen LogP contribution in [0.5, 0.6) is 5.75 Å². The lowest BCUT2D eigenvalue weighted by atomic mass is 9.68. The number of hydrogen-bond acceptors (Lipinski definition) is 4. The molecule has 1 saturated carbocycles. The summed E-state index contributed by atoms with van der Waals surface area (Å²) in [5, 5.41) is 8.98. The van der Waals surface area contributed by atoms with Gasteiger partial charge in [-0.25, -0.2) is 9.86 Å². The molecule has 3 aromatic carbocycles. The fourth-order valence-corrected chi connectivity index (χ4v) is 5.45. The maximum atomic E-state index is 11.7. The van der Waals surface area contributed by atoms with E-state index in [1.54, 1.807) is 0 Å². The van der Waals surface area contributed by atoms with Crippen molar-refractivity contribution in [3.8, 4) is 16.9 Å². The molecule has 3 aromatic rings. The fraction of sp³-hybridized carbons (Fsp3) is 0.357. The minimum absolute atomic E-state index is 0. The topological polar surface area (TPSA) is 93.4 Å². The monoisotopic (exact) mass is 529 g/mol. The SMILES string of the molecule is CCOc1cccc([C@]2(CNS(N)(=O)=O)CC[C@@H](NCc3ccc(-c4ccccc4)cc3)CC2)c1.Cl. The molecule has 0 aliphatic heterocycles. The summed E-state index contributed by atoms with van der Waals surface area (Å²) in [6.07, 6.45) is 3.62. The molecule has 0 heterocycles. The number of ether oxygens (including phenoxy) is 1. The van der Waals surface area contributed by atoms with Gasteiger partial charge in [0, 0.05) is 24.5 Å². The first-order valence-corrected chi connectivity index (χ1v) is 13.8. The van der Waals surface area contributed by atoms with Crippen molar-refractivity contribution in [1.82, 2.24) is 10.0 Å². The Hall–Kier alpha value is -2.42. The molecule has 0 atom stereocenters. The van der Waals surface area contributed by atoms with Gasteiger partial charge in [-0.1, -0.05) is 66.7 Å². The molecule has 4 rings (SSSR count). The highest BCUT2D eigenvalue weighted by molar-refractivity contribution is 7.87. The van der Waals surface area contributed by atoms with Crippen molar-refractivity contribution >= 4 is 22.6 Å². The summed E-state index contributed by atoms with van der Waals surface area (Å²) in [6, 6.07) is 27.5. The maximum Gasteiger partial charge on any atom is 0.274 e. The lowest BCUT2D eigenvalue weighted by molar-refractivity contribution is 0.244. The minimum Gasteiger partial charge on any atom is -0.494 e. The lowest BCUT2D eigenvalue weighted by Gasteiger charge is -2.41. The lowest BCUT2D eigenvalue weighted by Crippen LogP contribution is -2.47. The maximum absolute atomic E-state index is 11.7. The third-order valence-electron chi connectivity index (χ3n) is 6.97. The van der Waals surface area contributed by atoms with Crippen LogP contribution in [0.1, 0.15) is 43.7 Å². The summed E-state index contributed by atoms with van der Waals surface area (Å²) in [5.74, 6) is 0.805. The molecule has 8 heteroatoms. The third kappa shape index (κ3) is 7.54. The number of benzene rings is 3. The number of hydrogen-bond donors (Lipinski definition) is 3. The number of halogens is 1. The van der Waals surface area contributed by atoms with Crippen molar-refractivity contribution in [3.05, 3.63) is 90.0 Å². The number of nitrogens with two attached hydrogens (primary N) is 1. The van der Waals surface area contributed by atoms with E-state index >= 15 is 0 Å². The Morgan fingerprint density at radius 2 is 1.61 bits per heavy atom. The standard InChI is InChI=1S/C28H35N3O3S.ClH/c1-2-34-27-10-6-9-25(19-27)28(21-31-35(29,32)33)17-15-26(16-18-28)30-20-22-11-13-24(14-12-22)23-7-4-3-5-8-23;/h3-14,19,26,30-31H,2,15-18,20-21H2,1H3,(H2,29,32,33);1H/t26-,28-;. The molecule has 36 heavy (non-hydrogen) atoms. The largest absolute Gasteiger partial charge is 0.494 e. The third-order valence-corrected chi connectivity index (χ3v) is 7.51. The van der Waals surface area contributed by atoms with Gasteiger partial charge in [-0.2, -0.15) is 8.42 Å². The summed E-state index contributed by atoms with van der Waals surface area (Å²) >= 11 is 0. The van der Waals surface area contributed by atoms with Gasteiger partial charge in [-0.3, -0.25) is 0 Å². The fourth-order valence-electron chi connectivity index (χ4n) is 4.97. The highest BCUT2D eigenvalue weighted by Gasteiger charge is 2.37. The Labute approximate surface area is 221 Å². The van der Waals surface area contributed by atoms with E-state index in [2.05, 4.69) is 64.6 Å². The van der Waals surface area contributed by atoms with Crippen molar-refractivity contribution < 1.29 is 13.2 Å². The normalized spacial score (nSPS) is 19.9.